The molecule has 1 aliphatic heterocycles. The van der Waals surface area contributed by atoms with Gasteiger partial charge in [0.05, 0.1) is 7.11 Å². The zero-order valence-corrected chi connectivity index (χ0v) is 20.3. The lowest BCUT2D eigenvalue weighted by molar-refractivity contribution is -0.134. The molecule has 1 aromatic heterocycles. The lowest BCUT2D eigenvalue weighted by atomic mass is 9.98. The third-order valence-electron chi connectivity index (χ3n) is 6.22. The van der Waals surface area contributed by atoms with Gasteiger partial charge in [0.25, 0.3) is 0 Å². The Hall–Kier alpha value is -2.83. The average molecular weight is 473 g/mol. The molecule has 8 nitrogen and oxygen atoms in total. The number of amides is 1. The van der Waals surface area contributed by atoms with Crippen molar-refractivity contribution in [2.24, 2.45) is 5.92 Å². The molecule has 1 aliphatic rings. The number of sulfonamides is 1. The molecule has 0 radical (unpaired) electrons. The lowest BCUT2D eigenvalue weighted by Crippen LogP contribution is -2.51. The van der Waals surface area contributed by atoms with Gasteiger partial charge in [-0.2, -0.15) is 9.98 Å². The largest absolute Gasteiger partial charge is 0.495 e. The highest BCUT2D eigenvalue weighted by Gasteiger charge is 2.32. The van der Waals surface area contributed by atoms with Crippen molar-refractivity contribution in [2.45, 2.75) is 57.0 Å². The van der Waals surface area contributed by atoms with Crippen molar-refractivity contribution in [3.8, 4) is 11.8 Å². The molecule has 1 amide bonds. The first-order valence-corrected chi connectivity index (χ1v) is 12.8. The summed E-state index contributed by atoms with van der Waals surface area (Å²) in [7, 11) is -2.61. The molecule has 0 spiro atoms. The zero-order chi connectivity index (χ0) is 24.0. The minimum Gasteiger partial charge on any atom is -0.495 e. The van der Waals surface area contributed by atoms with Crippen molar-refractivity contribution >= 4 is 15.9 Å². The van der Waals surface area contributed by atoms with E-state index in [0.29, 0.717) is 37.7 Å². The van der Waals surface area contributed by atoms with E-state index in [2.05, 4.69) is 17.7 Å². The maximum atomic E-state index is 13.4. The van der Waals surface area contributed by atoms with E-state index in [1.165, 1.54) is 7.11 Å². The van der Waals surface area contributed by atoms with E-state index in [1.807, 2.05) is 13.0 Å². The van der Waals surface area contributed by atoms with Crippen molar-refractivity contribution in [2.75, 3.05) is 20.2 Å². The monoisotopic (exact) mass is 472 g/mol. The van der Waals surface area contributed by atoms with Crippen LogP contribution in [0.4, 0.5) is 0 Å². The predicted molar refractivity (Wildman–Crippen MR) is 125 cm³/mol. The van der Waals surface area contributed by atoms with Gasteiger partial charge in [-0.15, -0.1) is 0 Å². The molecule has 2 heterocycles. The number of aromatic nitrogens is 1. The Morgan fingerprint density at radius 3 is 2.67 bits per heavy atom. The van der Waals surface area contributed by atoms with Crippen LogP contribution in [0.2, 0.25) is 0 Å². The van der Waals surface area contributed by atoms with E-state index in [0.717, 1.165) is 18.4 Å². The first-order chi connectivity index (χ1) is 15.8. The Balaban J connectivity index is 1.88. The third kappa shape index (κ3) is 5.95. The number of aryl methyl sites for hydroxylation is 2. The van der Waals surface area contributed by atoms with Gasteiger partial charge in [-0.1, -0.05) is 19.9 Å². The number of ether oxygens (including phenoxy) is 1. The molecule has 3 rings (SSSR count). The van der Waals surface area contributed by atoms with Crippen molar-refractivity contribution in [1.82, 2.24) is 14.2 Å². The van der Waals surface area contributed by atoms with E-state index in [1.54, 1.807) is 39.9 Å². The highest BCUT2D eigenvalue weighted by Crippen LogP contribution is 2.26. The van der Waals surface area contributed by atoms with Crippen LogP contribution in [0.1, 0.15) is 44.4 Å². The van der Waals surface area contributed by atoms with Gasteiger partial charge in [0.15, 0.2) is 0 Å². The molecule has 1 fully saturated rings. The molecule has 1 N–H and O–H groups in total. The fraction of sp³-hybridized carbons (Fsp3) is 0.500. The fourth-order valence-electron chi connectivity index (χ4n) is 4.06. The minimum absolute atomic E-state index is 0.0214. The minimum atomic E-state index is -4.03. The van der Waals surface area contributed by atoms with Gasteiger partial charge in [-0.3, -0.25) is 4.79 Å². The number of hydrogen-bond acceptors (Lipinski definition) is 5. The Labute approximate surface area is 196 Å². The first kappa shape index (κ1) is 24.8. The Morgan fingerprint density at radius 2 is 2.03 bits per heavy atom. The normalized spacial score (nSPS) is 15.8. The number of piperidine rings is 1. The molecule has 9 heteroatoms. The summed E-state index contributed by atoms with van der Waals surface area (Å²) in [5.41, 5.74) is 1.32. The van der Waals surface area contributed by atoms with Crippen LogP contribution in [0.5, 0.6) is 5.75 Å². The van der Waals surface area contributed by atoms with Gasteiger partial charge in [0.2, 0.25) is 15.9 Å². The number of methoxy groups -OCH3 is 1. The zero-order valence-electron chi connectivity index (χ0n) is 19.5. The summed E-state index contributed by atoms with van der Waals surface area (Å²) in [5.74, 6) is 0.542. The van der Waals surface area contributed by atoms with Crippen LogP contribution >= 0.6 is 0 Å². The summed E-state index contributed by atoms with van der Waals surface area (Å²) in [4.78, 5) is 15.2. The SMILES string of the molecule is CCc1ccc(OC)c(S(=O)(=O)NC(CCn2cccc2C#N)C(=O)N2CCC(C)CC2)c1. The number of nitrogens with zero attached hydrogens (tertiary/aromatic N) is 3. The number of nitriles is 1. The van der Waals surface area contributed by atoms with Crippen molar-refractivity contribution in [3.63, 3.8) is 0 Å². The van der Waals surface area contributed by atoms with E-state index in [9.17, 15) is 18.5 Å². The standard InChI is InChI=1S/C24H32N4O4S/c1-4-19-7-8-22(32-3)23(16-19)33(30,31)26-21(11-15-27-12-5-6-20(27)17-25)24(29)28-13-9-18(2)10-14-28/h5-8,12,16,18,21,26H,4,9-11,13-15H2,1-3H3. The fourth-order valence-corrected chi connectivity index (χ4v) is 5.51. The van der Waals surface area contributed by atoms with Crippen LogP contribution in [0, 0.1) is 17.2 Å². The molecular formula is C24H32N4O4S. The van der Waals surface area contributed by atoms with E-state index < -0.39 is 16.1 Å². The maximum Gasteiger partial charge on any atom is 0.244 e. The topological polar surface area (TPSA) is 104 Å². The van der Waals surface area contributed by atoms with E-state index in [4.69, 9.17) is 4.74 Å². The molecule has 1 atom stereocenters. The van der Waals surface area contributed by atoms with E-state index >= 15 is 0 Å². The van der Waals surface area contributed by atoms with Crippen LogP contribution < -0.4 is 9.46 Å². The lowest BCUT2D eigenvalue weighted by Gasteiger charge is -2.33. The van der Waals surface area contributed by atoms with Crippen molar-refractivity contribution in [1.29, 1.82) is 5.26 Å². The number of benzene rings is 1. The van der Waals surface area contributed by atoms with Gasteiger partial charge in [-0.05, 0) is 61.4 Å². The number of hydrogen-bond donors (Lipinski definition) is 1. The number of likely N-dealkylation sites (tertiary alicyclic amines) is 1. The Morgan fingerprint density at radius 1 is 1.30 bits per heavy atom. The first-order valence-electron chi connectivity index (χ1n) is 11.3. The molecular weight excluding hydrogens is 440 g/mol. The second kappa shape index (κ2) is 10.9. The summed E-state index contributed by atoms with van der Waals surface area (Å²) < 4.78 is 36.5. The number of carbonyl (C=O) groups is 1. The molecule has 1 saturated heterocycles. The van der Waals surface area contributed by atoms with Crippen LogP contribution in [0.15, 0.2) is 41.4 Å². The quantitative estimate of drug-likeness (QED) is 0.604. The molecule has 0 bridgehead atoms. The molecule has 1 unspecified atom stereocenters. The summed E-state index contributed by atoms with van der Waals surface area (Å²) >= 11 is 0. The molecule has 1 aromatic carbocycles. The molecule has 0 saturated carbocycles. The highest BCUT2D eigenvalue weighted by atomic mass is 32.2. The highest BCUT2D eigenvalue weighted by molar-refractivity contribution is 7.89. The summed E-state index contributed by atoms with van der Waals surface area (Å²) in [6.45, 7) is 5.66. The maximum absolute atomic E-state index is 13.4. The van der Waals surface area contributed by atoms with Crippen LogP contribution in [0.3, 0.4) is 0 Å². The van der Waals surface area contributed by atoms with Gasteiger partial charge in [-0.25, -0.2) is 8.42 Å². The second-order valence-corrected chi connectivity index (χ2v) is 10.2. The predicted octanol–water partition coefficient (Wildman–Crippen LogP) is 2.93. The summed E-state index contributed by atoms with van der Waals surface area (Å²) in [6.07, 6.45) is 4.45. The summed E-state index contributed by atoms with van der Waals surface area (Å²) in [5, 5.41) is 9.28. The molecule has 33 heavy (non-hydrogen) atoms. The van der Waals surface area contributed by atoms with Crippen LogP contribution in [-0.4, -0.2) is 50.0 Å². The molecule has 178 valence electrons. The van der Waals surface area contributed by atoms with Crippen molar-refractivity contribution < 1.29 is 17.9 Å². The molecule has 0 aliphatic carbocycles. The number of carbonyl (C=O) groups excluding carboxylic acids is 1. The van der Waals surface area contributed by atoms with Crippen molar-refractivity contribution in [3.05, 3.63) is 47.8 Å². The molecule has 2 aromatic rings. The third-order valence-corrected chi connectivity index (χ3v) is 7.71. The summed E-state index contributed by atoms with van der Waals surface area (Å²) in [6, 6.07) is 9.65. The average Bonchev–Trinajstić information content (AvgIpc) is 3.29. The second-order valence-electron chi connectivity index (χ2n) is 8.51. The smallest absolute Gasteiger partial charge is 0.244 e. The number of nitrogens with one attached hydrogen (secondary N) is 1. The number of rotatable bonds is 9. The Kier molecular flexibility index (Phi) is 8.16. The Bertz CT molecular complexity index is 1110. The van der Waals surface area contributed by atoms with Gasteiger partial charge in [0.1, 0.15) is 28.4 Å². The van der Waals surface area contributed by atoms with Crippen LogP contribution in [-0.2, 0) is 27.8 Å². The van der Waals surface area contributed by atoms with Gasteiger partial charge < -0.3 is 14.2 Å². The van der Waals surface area contributed by atoms with Gasteiger partial charge >= 0.3 is 0 Å². The van der Waals surface area contributed by atoms with Gasteiger partial charge in [0, 0.05) is 25.8 Å². The van der Waals surface area contributed by atoms with Crippen LogP contribution in [0.25, 0.3) is 0 Å². The van der Waals surface area contributed by atoms with E-state index in [-0.39, 0.29) is 23.0 Å².